The van der Waals surface area contributed by atoms with Crippen LogP contribution in [-0.4, -0.2) is 24.2 Å². The van der Waals surface area contributed by atoms with Crippen molar-refractivity contribution >= 4 is 5.90 Å². The summed E-state index contributed by atoms with van der Waals surface area (Å²) in [6.45, 7) is 5.06. The molecule has 1 atom stereocenters. The van der Waals surface area contributed by atoms with Crippen molar-refractivity contribution < 1.29 is 14.0 Å². The van der Waals surface area contributed by atoms with Crippen LogP contribution in [0.2, 0.25) is 0 Å². The summed E-state index contributed by atoms with van der Waals surface area (Å²) in [5.74, 6) is 1.30. The van der Waals surface area contributed by atoms with Gasteiger partial charge in [0.1, 0.15) is 24.3 Å². The lowest BCUT2D eigenvalue weighted by Gasteiger charge is -2.15. The van der Waals surface area contributed by atoms with Gasteiger partial charge < -0.3 is 14.0 Å². The third-order valence-electron chi connectivity index (χ3n) is 2.92. The second-order valence-corrected chi connectivity index (χ2v) is 4.23. The fraction of sp³-hybridized carbons (Fsp3) is 0.200. The molecule has 2 aromatic rings. The van der Waals surface area contributed by atoms with Gasteiger partial charge in [-0.15, -0.1) is 0 Å². The van der Waals surface area contributed by atoms with Crippen molar-refractivity contribution in [2.75, 3.05) is 13.2 Å². The lowest BCUT2D eigenvalue weighted by Crippen LogP contribution is -2.09. The molecule has 3 rings (SSSR count). The van der Waals surface area contributed by atoms with Crippen LogP contribution in [0.5, 0.6) is 5.75 Å². The van der Waals surface area contributed by atoms with Crippen molar-refractivity contribution in [1.82, 2.24) is 5.16 Å². The Balaban J connectivity index is 1.88. The number of para-hydroxylation sites is 1. The molecular weight excluding hydrogens is 256 g/mol. The summed E-state index contributed by atoms with van der Waals surface area (Å²) in [7, 11) is 0. The van der Waals surface area contributed by atoms with E-state index in [1.54, 1.807) is 12.1 Å². The zero-order valence-corrected chi connectivity index (χ0v) is 10.9. The van der Waals surface area contributed by atoms with Crippen LogP contribution in [0, 0.1) is 0 Å². The average Bonchev–Trinajstić information content (AvgIpc) is 3.18. The van der Waals surface area contributed by atoms with Crippen LogP contribution in [0.15, 0.2) is 58.8 Å². The van der Waals surface area contributed by atoms with E-state index in [2.05, 4.69) is 16.7 Å². The second kappa shape index (κ2) is 5.61. The van der Waals surface area contributed by atoms with E-state index < -0.39 is 0 Å². The van der Waals surface area contributed by atoms with Gasteiger partial charge in [0.2, 0.25) is 5.90 Å². The highest BCUT2D eigenvalue weighted by atomic mass is 16.5. The molecule has 0 saturated carbocycles. The number of ether oxygens (including phenoxy) is 2. The van der Waals surface area contributed by atoms with Gasteiger partial charge in [-0.3, -0.25) is 0 Å². The minimum Gasteiger partial charge on any atom is -0.479 e. The predicted octanol–water partition coefficient (Wildman–Crippen LogP) is 2.76. The van der Waals surface area contributed by atoms with E-state index in [9.17, 15) is 0 Å². The Labute approximate surface area is 116 Å². The van der Waals surface area contributed by atoms with Crippen molar-refractivity contribution in [1.29, 1.82) is 0 Å². The first-order valence-corrected chi connectivity index (χ1v) is 6.34. The molecule has 5 nitrogen and oxygen atoms in total. The summed E-state index contributed by atoms with van der Waals surface area (Å²) in [5, 5.41) is 3.88. The van der Waals surface area contributed by atoms with Crippen LogP contribution >= 0.6 is 0 Å². The van der Waals surface area contributed by atoms with Crippen LogP contribution in [0.3, 0.4) is 0 Å². The number of aliphatic imine (C=N–C) groups is 1. The SMILES string of the molecule is C=CC(Oc1ccccc1C1=NCCO1)c1ccon1. The van der Waals surface area contributed by atoms with Gasteiger partial charge in [-0.05, 0) is 18.2 Å². The summed E-state index contributed by atoms with van der Waals surface area (Å²) < 4.78 is 16.3. The molecule has 0 fully saturated rings. The van der Waals surface area contributed by atoms with Crippen LogP contribution in [0.4, 0.5) is 0 Å². The molecule has 1 unspecified atom stereocenters. The fourth-order valence-corrected chi connectivity index (χ4v) is 1.98. The molecule has 2 heterocycles. The molecule has 5 heteroatoms. The highest BCUT2D eigenvalue weighted by Gasteiger charge is 2.19. The molecule has 0 radical (unpaired) electrons. The Morgan fingerprint density at radius 3 is 2.90 bits per heavy atom. The summed E-state index contributed by atoms with van der Waals surface area (Å²) in [5.41, 5.74) is 1.50. The van der Waals surface area contributed by atoms with E-state index >= 15 is 0 Å². The quantitative estimate of drug-likeness (QED) is 0.784. The Morgan fingerprint density at radius 2 is 2.20 bits per heavy atom. The Kier molecular flexibility index (Phi) is 3.50. The molecule has 0 N–H and O–H groups in total. The number of benzene rings is 1. The summed E-state index contributed by atoms with van der Waals surface area (Å²) >= 11 is 0. The highest BCUT2D eigenvalue weighted by Crippen LogP contribution is 2.27. The summed E-state index contributed by atoms with van der Waals surface area (Å²) in [4.78, 5) is 4.32. The van der Waals surface area contributed by atoms with Crippen molar-refractivity contribution in [3.8, 4) is 5.75 Å². The van der Waals surface area contributed by atoms with E-state index in [0.717, 1.165) is 5.56 Å². The van der Waals surface area contributed by atoms with Gasteiger partial charge >= 0.3 is 0 Å². The maximum atomic E-state index is 5.95. The van der Waals surface area contributed by atoms with E-state index in [0.29, 0.717) is 30.5 Å². The first-order valence-electron chi connectivity index (χ1n) is 6.34. The largest absolute Gasteiger partial charge is 0.479 e. The predicted molar refractivity (Wildman–Crippen MR) is 73.9 cm³/mol. The smallest absolute Gasteiger partial charge is 0.220 e. The highest BCUT2D eigenvalue weighted by molar-refractivity contribution is 5.97. The van der Waals surface area contributed by atoms with Crippen LogP contribution in [-0.2, 0) is 4.74 Å². The zero-order valence-electron chi connectivity index (χ0n) is 10.9. The van der Waals surface area contributed by atoms with Gasteiger partial charge in [0.25, 0.3) is 0 Å². The van der Waals surface area contributed by atoms with Gasteiger partial charge in [-0.2, -0.15) is 0 Å². The molecule has 0 spiro atoms. The second-order valence-electron chi connectivity index (χ2n) is 4.23. The van der Waals surface area contributed by atoms with Crippen molar-refractivity contribution in [2.24, 2.45) is 4.99 Å². The minimum absolute atomic E-state index is 0.378. The summed E-state index contributed by atoms with van der Waals surface area (Å²) in [6, 6.07) is 9.36. The van der Waals surface area contributed by atoms with Crippen LogP contribution in [0.25, 0.3) is 0 Å². The van der Waals surface area contributed by atoms with Crippen LogP contribution < -0.4 is 4.74 Å². The Hall–Kier alpha value is -2.56. The molecule has 20 heavy (non-hydrogen) atoms. The monoisotopic (exact) mass is 270 g/mol. The standard InChI is InChI=1S/C15H14N2O3/c1-2-13(12-7-9-19-17-12)20-14-6-4-3-5-11(14)15-16-8-10-18-15/h2-7,9,13H,1,8,10H2. The van der Waals surface area contributed by atoms with E-state index in [1.165, 1.54) is 6.26 Å². The zero-order chi connectivity index (χ0) is 13.8. The lowest BCUT2D eigenvalue weighted by atomic mass is 10.2. The third kappa shape index (κ3) is 2.42. The normalized spacial score (nSPS) is 15.3. The number of hydrogen-bond acceptors (Lipinski definition) is 5. The van der Waals surface area contributed by atoms with Crippen LogP contribution in [0.1, 0.15) is 17.4 Å². The van der Waals surface area contributed by atoms with Gasteiger partial charge in [-0.1, -0.05) is 23.9 Å². The van der Waals surface area contributed by atoms with Gasteiger partial charge in [0.05, 0.1) is 12.1 Å². The molecule has 1 aliphatic heterocycles. The molecule has 102 valence electrons. The first kappa shape index (κ1) is 12.5. The molecule has 1 aromatic heterocycles. The van der Waals surface area contributed by atoms with E-state index in [1.807, 2.05) is 24.3 Å². The molecule has 0 saturated heterocycles. The summed E-state index contributed by atoms with van der Waals surface area (Å²) in [6.07, 6.45) is 2.80. The number of hydrogen-bond donors (Lipinski definition) is 0. The maximum Gasteiger partial charge on any atom is 0.220 e. The number of rotatable bonds is 5. The molecular formula is C15H14N2O3. The minimum atomic E-state index is -0.378. The first-order chi connectivity index (χ1) is 9.88. The van der Waals surface area contributed by atoms with E-state index in [-0.39, 0.29) is 6.10 Å². The number of nitrogens with zero attached hydrogens (tertiary/aromatic N) is 2. The fourth-order valence-electron chi connectivity index (χ4n) is 1.98. The van der Waals surface area contributed by atoms with Gasteiger partial charge in [0.15, 0.2) is 6.10 Å². The topological polar surface area (TPSA) is 56.9 Å². The molecule has 1 aromatic carbocycles. The van der Waals surface area contributed by atoms with E-state index in [4.69, 9.17) is 14.0 Å². The van der Waals surface area contributed by atoms with Crippen molar-refractivity contribution in [3.05, 3.63) is 60.5 Å². The Bertz CT molecular complexity index is 620. The molecule has 1 aliphatic rings. The lowest BCUT2D eigenvalue weighted by molar-refractivity contribution is 0.240. The van der Waals surface area contributed by atoms with Gasteiger partial charge in [0, 0.05) is 6.07 Å². The average molecular weight is 270 g/mol. The molecule has 0 amide bonds. The Morgan fingerprint density at radius 1 is 1.30 bits per heavy atom. The molecule has 0 bridgehead atoms. The van der Waals surface area contributed by atoms with Crippen molar-refractivity contribution in [2.45, 2.75) is 6.10 Å². The third-order valence-corrected chi connectivity index (χ3v) is 2.92. The maximum absolute atomic E-state index is 5.95. The van der Waals surface area contributed by atoms with Crippen molar-refractivity contribution in [3.63, 3.8) is 0 Å². The number of aromatic nitrogens is 1. The van der Waals surface area contributed by atoms with Gasteiger partial charge in [-0.25, -0.2) is 4.99 Å². The molecule has 0 aliphatic carbocycles.